The number of aromatic nitrogens is 2. The summed E-state index contributed by atoms with van der Waals surface area (Å²) < 4.78 is 0. The van der Waals surface area contributed by atoms with Gasteiger partial charge in [-0.3, -0.25) is 0 Å². The van der Waals surface area contributed by atoms with E-state index in [1.54, 1.807) is 18.3 Å². The third-order valence-corrected chi connectivity index (χ3v) is 3.33. The Morgan fingerprint density at radius 1 is 1.19 bits per heavy atom. The smallest absolute Gasteiger partial charge is 0.143 e. The summed E-state index contributed by atoms with van der Waals surface area (Å²) in [5.74, 6) is 0. The summed E-state index contributed by atoms with van der Waals surface area (Å²) in [5, 5.41) is 13.9. The van der Waals surface area contributed by atoms with Crippen LogP contribution in [0, 0.1) is 11.3 Å². The van der Waals surface area contributed by atoms with Crippen LogP contribution in [-0.2, 0) is 6.54 Å². The topological polar surface area (TPSA) is 61.6 Å². The number of rotatable bonds is 3. The number of fused-ring (bicyclic) bond motifs is 1. The molecule has 2 aromatic heterocycles. The zero-order valence-electron chi connectivity index (χ0n) is 11.0. The molecule has 0 bridgehead atoms. The number of nitrogens with zero attached hydrogens (tertiary/aromatic N) is 3. The largest absolute Gasteiger partial charge is 0.380 e. The molecule has 0 amide bonds. The van der Waals surface area contributed by atoms with Crippen LogP contribution in [0.25, 0.3) is 10.9 Å². The lowest BCUT2D eigenvalue weighted by molar-refractivity contribution is 1.11. The Kier molecular flexibility index (Phi) is 3.67. The van der Waals surface area contributed by atoms with E-state index < -0.39 is 0 Å². The molecule has 0 spiro atoms. The number of pyridine rings is 2. The van der Waals surface area contributed by atoms with Crippen molar-refractivity contribution in [3.63, 3.8) is 0 Å². The van der Waals surface area contributed by atoms with Crippen molar-refractivity contribution in [2.45, 2.75) is 6.54 Å². The second kappa shape index (κ2) is 5.78. The van der Waals surface area contributed by atoms with Crippen molar-refractivity contribution < 1.29 is 0 Å². The Bertz CT molecular complexity index is 822. The van der Waals surface area contributed by atoms with E-state index >= 15 is 0 Å². The number of benzene rings is 1. The Balaban J connectivity index is 1.92. The molecule has 0 saturated heterocycles. The highest BCUT2D eigenvalue weighted by atomic mass is 35.5. The van der Waals surface area contributed by atoms with Crippen LogP contribution in [0.1, 0.15) is 11.3 Å². The summed E-state index contributed by atoms with van der Waals surface area (Å²) in [5.41, 5.74) is 3.09. The summed E-state index contributed by atoms with van der Waals surface area (Å²) in [6.07, 6.45) is 1.73. The number of anilines is 1. The van der Waals surface area contributed by atoms with Crippen molar-refractivity contribution in [3.05, 3.63) is 65.1 Å². The molecule has 3 rings (SSSR count). The molecule has 0 atom stereocenters. The second-order valence-electron chi connectivity index (χ2n) is 4.53. The number of halogens is 1. The lowest BCUT2D eigenvalue weighted by Gasteiger charge is -2.10. The first kappa shape index (κ1) is 13.3. The highest BCUT2D eigenvalue weighted by molar-refractivity contribution is 6.29. The molecule has 0 fully saturated rings. The van der Waals surface area contributed by atoms with E-state index in [9.17, 15) is 0 Å². The molecular weight excluding hydrogens is 284 g/mol. The Labute approximate surface area is 127 Å². The van der Waals surface area contributed by atoms with Crippen LogP contribution in [0.3, 0.4) is 0 Å². The van der Waals surface area contributed by atoms with Gasteiger partial charge in [0.05, 0.1) is 5.52 Å². The van der Waals surface area contributed by atoms with Crippen molar-refractivity contribution >= 4 is 28.2 Å². The minimum atomic E-state index is 0.394. The number of para-hydroxylation sites is 1. The lowest BCUT2D eigenvalue weighted by atomic mass is 10.1. The molecule has 0 aliphatic heterocycles. The maximum atomic E-state index is 9.07. The first-order valence-corrected chi connectivity index (χ1v) is 6.78. The van der Waals surface area contributed by atoms with E-state index in [2.05, 4.69) is 21.4 Å². The predicted molar refractivity (Wildman–Crippen MR) is 83.0 cm³/mol. The fourth-order valence-electron chi connectivity index (χ4n) is 2.09. The van der Waals surface area contributed by atoms with Crippen molar-refractivity contribution in [3.8, 4) is 6.07 Å². The van der Waals surface area contributed by atoms with Gasteiger partial charge in [-0.05, 0) is 23.8 Å². The molecule has 1 aromatic carbocycles. The summed E-state index contributed by atoms with van der Waals surface area (Å²) in [4.78, 5) is 8.34. The summed E-state index contributed by atoms with van der Waals surface area (Å²) in [6, 6.07) is 15.2. The van der Waals surface area contributed by atoms with E-state index in [0.717, 1.165) is 22.2 Å². The minimum absolute atomic E-state index is 0.394. The molecule has 0 radical (unpaired) electrons. The van der Waals surface area contributed by atoms with E-state index in [1.165, 1.54) is 0 Å². The van der Waals surface area contributed by atoms with Crippen LogP contribution >= 0.6 is 11.6 Å². The molecule has 3 aromatic rings. The van der Waals surface area contributed by atoms with Crippen LogP contribution in [-0.4, -0.2) is 9.97 Å². The van der Waals surface area contributed by atoms with Crippen molar-refractivity contribution in [1.82, 2.24) is 9.97 Å². The van der Waals surface area contributed by atoms with E-state index in [0.29, 0.717) is 17.4 Å². The first-order chi connectivity index (χ1) is 10.3. The van der Waals surface area contributed by atoms with Crippen molar-refractivity contribution in [2.24, 2.45) is 0 Å². The molecular formula is C16H11ClN4. The van der Waals surface area contributed by atoms with E-state index in [4.69, 9.17) is 16.9 Å². The molecule has 0 aliphatic rings. The van der Waals surface area contributed by atoms with Gasteiger partial charge in [-0.25, -0.2) is 9.97 Å². The second-order valence-corrected chi connectivity index (χ2v) is 4.91. The fourth-order valence-corrected chi connectivity index (χ4v) is 2.20. The van der Waals surface area contributed by atoms with Crippen molar-refractivity contribution in [1.29, 1.82) is 5.26 Å². The standard InChI is InChI=1S/C16H11ClN4/c17-16-6-5-11(10-20-16)9-19-15-7-12(8-18)21-14-4-2-1-3-13(14)15/h1-7,10H,9H2,(H,19,21). The monoisotopic (exact) mass is 294 g/mol. The molecule has 0 saturated carbocycles. The number of nitriles is 1. The lowest BCUT2D eigenvalue weighted by Crippen LogP contribution is -2.01. The zero-order chi connectivity index (χ0) is 14.7. The van der Waals surface area contributed by atoms with Crippen LogP contribution in [0.2, 0.25) is 5.15 Å². The number of hydrogen-bond donors (Lipinski definition) is 1. The van der Waals surface area contributed by atoms with Gasteiger partial charge in [0.2, 0.25) is 0 Å². The van der Waals surface area contributed by atoms with Gasteiger partial charge < -0.3 is 5.32 Å². The summed E-state index contributed by atoms with van der Waals surface area (Å²) in [7, 11) is 0. The quantitative estimate of drug-likeness (QED) is 0.747. The average molecular weight is 295 g/mol. The van der Waals surface area contributed by atoms with Gasteiger partial charge >= 0.3 is 0 Å². The summed E-state index contributed by atoms with van der Waals surface area (Å²) >= 11 is 5.77. The fraction of sp³-hybridized carbons (Fsp3) is 0.0625. The minimum Gasteiger partial charge on any atom is -0.380 e. The van der Waals surface area contributed by atoms with Gasteiger partial charge in [-0.15, -0.1) is 0 Å². The molecule has 2 heterocycles. The molecule has 1 N–H and O–H groups in total. The molecule has 0 aliphatic carbocycles. The van der Waals surface area contributed by atoms with Gasteiger partial charge in [0.1, 0.15) is 16.9 Å². The van der Waals surface area contributed by atoms with E-state index in [-0.39, 0.29) is 0 Å². The van der Waals surface area contributed by atoms with Gasteiger partial charge in [0, 0.05) is 23.8 Å². The van der Waals surface area contributed by atoms with Crippen LogP contribution < -0.4 is 5.32 Å². The maximum absolute atomic E-state index is 9.07. The van der Waals surface area contributed by atoms with Gasteiger partial charge in [0.15, 0.2) is 0 Å². The third kappa shape index (κ3) is 2.93. The van der Waals surface area contributed by atoms with Crippen LogP contribution in [0.15, 0.2) is 48.7 Å². The molecule has 0 unspecified atom stereocenters. The number of hydrogen-bond acceptors (Lipinski definition) is 4. The Hall–Kier alpha value is -2.64. The van der Waals surface area contributed by atoms with Crippen molar-refractivity contribution in [2.75, 3.05) is 5.32 Å². The average Bonchev–Trinajstić information content (AvgIpc) is 2.53. The molecule has 102 valence electrons. The molecule has 4 nitrogen and oxygen atoms in total. The van der Waals surface area contributed by atoms with Gasteiger partial charge in [0.25, 0.3) is 0 Å². The SMILES string of the molecule is N#Cc1cc(NCc2ccc(Cl)nc2)c2ccccc2n1. The normalized spacial score (nSPS) is 10.3. The predicted octanol–water partition coefficient (Wildman–Crippen LogP) is 3.77. The first-order valence-electron chi connectivity index (χ1n) is 6.40. The summed E-state index contributed by atoms with van der Waals surface area (Å²) in [6.45, 7) is 0.600. The zero-order valence-corrected chi connectivity index (χ0v) is 11.8. The highest BCUT2D eigenvalue weighted by Crippen LogP contribution is 2.23. The van der Waals surface area contributed by atoms with E-state index in [1.807, 2.05) is 30.3 Å². The Morgan fingerprint density at radius 2 is 2.05 bits per heavy atom. The highest BCUT2D eigenvalue weighted by Gasteiger charge is 2.05. The Morgan fingerprint density at radius 3 is 2.81 bits per heavy atom. The molecule has 5 heteroatoms. The number of nitrogens with one attached hydrogen (secondary N) is 1. The third-order valence-electron chi connectivity index (χ3n) is 3.10. The molecule has 21 heavy (non-hydrogen) atoms. The van der Waals surface area contributed by atoms with Crippen LogP contribution in [0.4, 0.5) is 5.69 Å². The van der Waals surface area contributed by atoms with Crippen LogP contribution in [0.5, 0.6) is 0 Å². The van der Waals surface area contributed by atoms with Gasteiger partial charge in [-0.1, -0.05) is 35.9 Å². The maximum Gasteiger partial charge on any atom is 0.143 e. The van der Waals surface area contributed by atoms with Gasteiger partial charge in [-0.2, -0.15) is 5.26 Å².